The van der Waals surface area contributed by atoms with Crippen LogP contribution in [0.5, 0.6) is 11.5 Å². The summed E-state index contributed by atoms with van der Waals surface area (Å²) in [4.78, 5) is 3.16. The molecule has 0 atom stereocenters. The highest BCUT2D eigenvalue weighted by Gasteiger charge is 2.07. The molecule has 0 radical (unpaired) electrons. The molecule has 0 aliphatic heterocycles. The summed E-state index contributed by atoms with van der Waals surface area (Å²) in [6.07, 6.45) is 1.92. The molecule has 100 valence electrons. The number of ether oxygens (including phenoxy) is 2. The van der Waals surface area contributed by atoms with Crippen LogP contribution in [-0.4, -0.2) is 14.2 Å². The van der Waals surface area contributed by atoms with Crippen molar-refractivity contribution in [1.82, 2.24) is 0 Å². The van der Waals surface area contributed by atoms with Crippen molar-refractivity contribution >= 4 is 5.82 Å². The Morgan fingerprint density at radius 1 is 1.05 bits per heavy atom. The summed E-state index contributed by atoms with van der Waals surface area (Å²) in [5.74, 6) is 2.48. The first-order chi connectivity index (χ1) is 9.22. The number of aryl methyl sites for hydroxylation is 1. The molecule has 2 N–H and O–H groups in total. The van der Waals surface area contributed by atoms with Crippen molar-refractivity contribution in [3.05, 3.63) is 47.7 Å². The lowest BCUT2D eigenvalue weighted by Crippen LogP contribution is -2.12. The second-order valence-corrected chi connectivity index (χ2v) is 4.32. The predicted octanol–water partition coefficient (Wildman–Crippen LogP) is 2.44. The molecule has 19 heavy (non-hydrogen) atoms. The standard InChI is InChI=1S/C15H18N2O2/c1-11-6-7-16-15(8-11)17-10-12-4-5-13(18-2)14(9-12)19-3/h4-9H,10H2,1-3H3,(H,16,17)/p+1. The van der Waals surface area contributed by atoms with Crippen LogP contribution in [0.3, 0.4) is 0 Å². The Balaban J connectivity index is 2.07. The fraction of sp³-hybridized carbons (Fsp3) is 0.267. The smallest absolute Gasteiger partial charge is 0.272 e. The topological polar surface area (TPSA) is 44.6 Å². The Hall–Kier alpha value is -2.23. The van der Waals surface area contributed by atoms with Gasteiger partial charge in [0.2, 0.25) is 0 Å². The molecule has 4 heteroatoms. The number of aromatic nitrogens is 1. The maximum absolute atomic E-state index is 5.29. The molecule has 0 bridgehead atoms. The maximum atomic E-state index is 5.29. The maximum Gasteiger partial charge on any atom is 0.272 e. The largest absolute Gasteiger partial charge is 0.493 e. The molecule has 0 amide bonds. The number of aromatic amines is 1. The zero-order valence-corrected chi connectivity index (χ0v) is 11.5. The molecular weight excluding hydrogens is 240 g/mol. The van der Waals surface area contributed by atoms with Gasteiger partial charge in [-0.05, 0) is 36.2 Å². The molecule has 2 rings (SSSR count). The van der Waals surface area contributed by atoms with Gasteiger partial charge in [-0.15, -0.1) is 0 Å². The quantitative estimate of drug-likeness (QED) is 0.897. The minimum Gasteiger partial charge on any atom is -0.493 e. The number of rotatable bonds is 5. The van der Waals surface area contributed by atoms with Crippen LogP contribution in [0.15, 0.2) is 36.5 Å². The van der Waals surface area contributed by atoms with Gasteiger partial charge >= 0.3 is 0 Å². The average molecular weight is 259 g/mol. The summed E-state index contributed by atoms with van der Waals surface area (Å²) < 4.78 is 10.5. The van der Waals surface area contributed by atoms with Crippen molar-refractivity contribution in [3.63, 3.8) is 0 Å². The van der Waals surface area contributed by atoms with Crippen molar-refractivity contribution in [2.24, 2.45) is 0 Å². The van der Waals surface area contributed by atoms with Gasteiger partial charge in [0.05, 0.1) is 20.4 Å². The zero-order chi connectivity index (χ0) is 13.7. The summed E-state index contributed by atoms with van der Waals surface area (Å²) in [5, 5.41) is 3.34. The van der Waals surface area contributed by atoms with Gasteiger partial charge < -0.3 is 9.47 Å². The van der Waals surface area contributed by atoms with E-state index in [0.717, 1.165) is 29.4 Å². The van der Waals surface area contributed by atoms with Crippen molar-refractivity contribution in [2.45, 2.75) is 13.5 Å². The first kappa shape index (κ1) is 13.2. The minimum absolute atomic E-state index is 0.723. The van der Waals surface area contributed by atoms with Gasteiger partial charge in [0, 0.05) is 6.07 Å². The van der Waals surface area contributed by atoms with Crippen molar-refractivity contribution in [3.8, 4) is 11.5 Å². The van der Waals surface area contributed by atoms with Crippen molar-refractivity contribution in [2.75, 3.05) is 19.5 Å². The first-order valence-corrected chi connectivity index (χ1v) is 6.16. The van der Waals surface area contributed by atoms with Crippen LogP contribution in [0, 0.1) is 6.92 Å². The summed E-state index contributed by atoms with van der Waals surface area (Å²) in [6.45, 7) is 2.79. The Morgan fingerprint density at radius 2 is 1.84 bits per heavy atom. The number of H-pyrrole nitrogens is 1. The van der Waals surface area contributed by atoms with Crippen LogP contribution >= 0.6 is 0 Å². The number of nitrogens with one attached hydrogen (secondary N) is 2. The highest BCUT2D eigenvalue weighted by molar-refractivity contribution is 5.44. The third-order valence-electron chi connectivity index (χ3n) is 2.89. The SMILES string of the molecule is COc1ccc(CNc2cc(C)cc[nH+]2)cc1OC. The van der Waals surface area contributed by atoms with Crippen LogP contribution < -0.4 is 19.8 Å². The van der Waals surface area contributed by atoms with Gasteiger partial charge in [-0.1, -0.05) is 6.07 Å². The van der Waals surface area contributed by atoms with Crippen LogP contribution in [0.4, 0.5) is 5.82 Å². The molecule has 1 heterocycles. The Kier molecular flexibility index (Phi) is 4.23. The summed E-state index contributed by atoms with van der Waals surface area (Å²) >= 11 is 0. The first-order valence-electron chi connectivity index (χ1n) is 6.16. The van der Waals surface area contributed by atoms with Crippen LogP contribution in [0.25, 0.3) is 0 Å². The molecule has 0 aliphatic carbocycles. The second-order valence-electron chi connectivity index (χ2n) is 4.32. The second kappa shape index (κ2) is 6.09. The summed E-state index contributed by atoms with van der Waals surface area (Å²) in [7, 11) is 3.28. The van der Waals surface area contributed by atoms with Crippen LogP contribution in [0.2, 0.25) is 0 Å². The number of hydrogen-bond acceptors (Lipinski definition) is 3. The third kappa shape index (κ3) is 3.37. The molecule has 2 aromatic rings. The molecule has 0 saturated carbocycles. The van der Waals surface area contributed by atoms with E-state index in [0.29, 0.717) is 0 Å². The third-order valence-corrected chi connectivity index (χ3v) is 2.89. The summed E-state index contributed by atoms with van der Waals surface area (Å²) in [5.41, 5.74) is 2.35. The number of anilines is 1. The molecule has 1 aromatic carbocycles. The lowest BCUT2D eigenvalue weighted by molar-refractivity contribution is -0.361. The van der Waals surface area contributed by atoms with Crippen LogP contribution in [-0.2, 0) is 6.54 Å². The number of benzene rings is 1. The van der Waals surface area contributed by atoms with Gasteiger partial charge in [0.25, 0.3) is 5.82 Å². The minimum atomic E-state index is 0.723. The number of pyridine rings is 1. The van der Waals surface area contributed by atoms with Gasteiger partial charge in [-0.2, -0.15) is 0 Å². The number of hydrogen-bond donors (Lipinski definition) is 1. The Labute approximate surface area is 113 Å². The molecule has 0 fully saturated rings. The molecule has 4 nitrogen and oxygen atoms in total. The fourth-order valence-electron chi connectivity index (χ4n) is 1.87. The molecule has 0 aliphatic rings. The molecular formula is C15H19N2O2+. The van der Waals surface area contributed by atoms with E-state index in [9.17, 15) is 0 Å². The van der Waals surface area contributed by atoms with E-state index in [1.807, 2.05) is 30.5 Å². The van der Waals surface area contributed by atoms with Gasteiger partial charge in [-0.25, -0.2) is 4.98 Å². The number of methoxy groups -OCH3 is 2. The van der Waals surface area contributed by atoms with E-state index in [1.165, 1.54) is 5.56 Å². The lowest BCUT2D eigenvalue weighted by Gasteiger charge is -2.08. The predicted molar refractivity (Wildman–Crippen MR) is 74.6 cm³/mol. The van der Waals surface area contributed by atoms with Gasteiger partial charge in [0.1, 0.15) is 6.54 Å². The van der Waals surface area contributed by atoms with Crippen molar-refractivity contribution < 1.29 is 14.5 Å². The summed E-state index contributed by atoms with van der Waals surface area (Å²) in [6, 6.07) is 10.0. The normalized spacial score (nSPS) is 10.1. The Morgan fingerprint density at radius 3 is 2.53 bits per heavy atom. The lowest BCUT2D eigenvalue weighted by atomic mass is 10.2. The molecule has 0 spiro atoms. The van der Waals surface area contributed by atoms with E-state index in [4.69, 9.17) is 9.47 Å². The molecule has 1 aromatic heterocycles. The van der Waals surface area contributed by atoms with Gasteiger partial charge in [-0.3, -0.25) is 5.32 Å². The van der Waals surface area contributed by atoms with E-state index in [2.05, 4.69) is 23.3 Å². The van der Waals surface area contributed by atoms with Crippen LogP contribution in [0.1, 0.15) is 11.1 Å². The van der Waals surface area contributed by atoms with Gasteiger partial charge in [0.15, 0.2) is 11.5 Å². The monoisotopic (exact) mass is 259 g/mol. The fourth-order valence-corrected chi connectivity index (χ4v) is 1.87. The highest BCUT2D eigenvalue weighted by atomic mass is 16.5. The zero-order valence-electron chi connectivity index (χ0n) is 11.5. The highest BCUT2D eigenvalue weighted by Crippen LogP contribution is 2.27. The van der Waals surface area contributed by atoms with E-state index < -0.39 is 0 Å². The molecule has 0 saturated heterocycles. The van der Waals surface area contributed by atoms with E-state index in [1.54, 1.807) is 14.2 Å². The average Bonchev–Trinajstić information content (AvgIpc) is 2.45. The van der Waals surface area contributed by atoms with E-state index in [-0.39, 0.29) is 0 Å². The molecule has 0 unspecified atom stereocenters. The van der Waals surface area contributed by atoms with E-state index >= 15 is 0 Å². The van der Waals surface area contributed by atoms with Crippen molar-refractivity contribution in [1.29, 1.82) is 0 Å². The Bertz CT molecular complexity index is 556.